The van der Waals surface area contributed by atoms with Crippen LogP contribution in [-0.4, -0.2) is 49.8 Å². The lowest BCUT2D eigenvalue weighted by Gasteiger charge is -2.22. The highest BCUT2D eigenvalue weighted by Crippen LogP contribution is 2.31. The molecule has 0 aliphatic carbocycles. The van der Waals surface area contributed by atoms with E-state index in [2.05, 4.69) is 25.7 Å². The Bertz CT molecular complexity index is 633. The van der Waals surface area contributed by atoms with E-state index in [-0.39, 0.29) is 6.42 Å². The van der Waals surface area contributed by atoms with Crippen molar-refractivity contribution in [1.29, 1.82) is 0 Å². The van der Waals surface area contributed by atoms with Gasteiger partial charge in [0.1, 0.15) is 6.42 Å². The molecule has 1 aliphatic heterocycles. The second kappa shape index (κ2) is 6.45. The molecular formula is C14H15BrN2O5. The number of hydrogen-bond acceptors (Lipinski definition) is 7. The van der Waals surface area contributed by atoms with E-state index in [0.29, 0.717) is 5.84 Å². The lowest BCUT2D eigenvalue weighted by molar-refractivity contribution is -0.205. The number of halogens is 1. The van der Waals surface area contributed by atoms with E-state index in [1.807, 2.05) is 24.3 Å². The summed E-state index contributed by atoms with van der Waals surface area (Å²) in [5.74, 6) is -0.996. The number of ether oxygens (including phenoxy) is 2. The number of benzene rings is 1. The highest BCUT2D eigenvalue weighted by Gasteiger charge is 2.50. The van der Waals surface area contributed by atoms with Crippen LogP contribution in [-0.2, 0) is 23.9 Å². The molecule has 2 rings (SSSR count). The fraction of sp³-hybridized carbons (Fsp3) is 0.357. The molecule has 0 N–H and O–H groups in total. The Balaban J connectivity index is 2.47. The summed E-state index contributed by atoms with van der Waals surface area (Å²) in [7, 11) is 4.03. The van der Waals surface area contributed by atoms with Crippen LogP contribution in [0.3, 0.4) is 0 Å². The van der Waals surface area contributed by atoms with Crippen LogP contribution in [0.15, 0.2) is 33.7 Å². The summed E-state index contributed by atoms with van der Waals surface area (Å²) in [5.41, 5.74) is -1.05. The van der Waals surface area contributed by atoms with Crippen molar-refractivity contribution in [2.24, 2.45) is 4.99 Å². The van der Waals surface area contributed by atoms with Crippen LogP contribution in [0.1, 0.15) is 12.0 Å². The maximum absolute atomic E-state index is 12.1. The third-order valence-electron chi connectivity index (χ3n) is 3.10. The first-order valence-corrected chi connectivity index (χ1v) is 7.15. The first kappa shape index (κ1) is 16.4. The number of carbonyl (C=O) groups excluding carboxylic acids is 2. The summed E-state index contributed by atoms with van der Waals surface area (Å²) in [6.45, 7) is 0. The molecule has 7 nitrogen and oxygen atoms in total. The van der Waals surface area contributed by atoms with E-state index >= 15 is 0 Å². The third-order valence-corrected chi connectivity index (χ3v) is 3.79. The molecule has 8 heteroatoms. The topological polar surface area (TPSA) is 77.4 Å². The van der Waals surface area contributed by atoms with Crippen molar-refractivity contribution < 1.29 is 23.9 Å². The average molecular weight is 371 g/mol. The number of amidine groups is 1. The third kappa shape index (κ3) is 2.97. The zero-order chi connectivity index (χ0) is 16.3. The molecule has 0 radical (unpaired) electrons. The monoisotopic (exact) mass is 370 g/mol. The van der Waals surface area contributed by atoms with E-state index < -0.39 is 17.7 Å². The fourth-order valence-electron chi connectivity index (χ4n) is 2.06. The smallest absolute Gasteiger partial charge is 0.364 e. The summed E-state index contributed by atoms with van der Waals surface area (Å²) in [6.07, 6.45) is -0.380. The minimum Gasteiger partial charge on any atom is -0.469 e. The number of nitrogens with zero attached hydrogens (tertiary/aromatic N) is 2. The lowest BCUT2D eigenvalue weighted by Crippen LogP contribution is -2.42. The van der Waals surface area contributed by atoms with E-state index in [9.17, 15) is 9.59 Å². The molecule has 0 bridgehead atoms. The number of carbonyl (C=O) groups is 2. The molecule has 0 saturated carbocycles. The lowest BCUT2D eigenvalue weighted by atomic mass is 10.1. The van der Waals surface area contributed by atoms with Gasteiger partial charge in [-0.1, -0.05) is 34.1 Å². The Morgan fingerprint density at radius 1 is 1.32 bits per heavy atom. The number of esters is 2. The Morgan fingerprint density at radius 3 is 2.59 bits per heavy atom. The standard InChI is InChI=1S/C14H15BrN2O5/c1-17-12(9-6-4-5-7-10(9)15)16-14(22-17,13(19)21-3)8-11(18)20-2/h4-7H,8H2,1-3H3. The predicted octanol–water partition coefficient (Wildman–Crippen LogP) is 1.51. The van der Waals surface area contributed by atoms with Crippen LogP contribution in [0.25, 0.3) is 0 Å². The van der Waals surface area contributed by atoms with Crippen LogP contribution < -0.4 is 0 Å². The van der Waals surface area contributed by atoms with Crippen molar-refractivity contribution in [1.82, 2.24) is 5.06 Å². The molecule has 0 fully saturated rings. The Labute approximate surface area is 135 Å². The van der Waals surface area contributed by atoms with Gasteiger partial charge in [0.05, 0.1) is 14.2 Å². The maximum atomic E-state index is 12.1. The first-order valence-electron chi connectivity index (χ1n) is 6.36. The summed E-state index contributed by atoms with van der Waals surface area (Å²) >= 11 is 3.42. The van der Waals surface area contributed by atoms with E-state index in [1.165, 1.54) is 19.3 Å². The molecule has 1 unspecified atom stereocenters. The molecule has 0 amide bonds. The second-order valence-corrected chi connectivity index (χ2v) is 5.39. The van der Waals surface area contributed by atoms with E-state index in [0.717, 1.165) is 10.0 Å². The molecule has 1 aromatic carbocycles. The molecular weight excluding hydrogens is 356 g/mol. The largest absolute Gasteiger partial charge is 0.469 e. The van der Waals surface area contributed by atoms with Crippen LogP contribution in [0.2, 0.25) is 0 Å². The van der Waals surface area contributed by atoms with Crippen LogP contribution in [0.4, 0.5) is 0 Å². The average Bonchev–Trinajstić information content (AvgIpc) is 2.84. The van der Waals surface area contributed by atoms with Gasteiger partial charge in [0.2, 0.25) is 0 Å². The number of methoxy groups -OCH3 is 2. The van der Waals surface area contributed by atoms with Gasteiger partial charge < -0.3 is 9.47 Å². The molecule has 0 aromatic heterocycles. The molecule has 1 aromatic rings. The zero-order valence-electron chi connectivity index (χ0n) is 12.3. The summed E-state index contributed by atoms with van der Waals surface area (Å²) in [5, 5.41) is 1.33. The molecule has 0 saturated heterocycles. The van der Waals surface area contributed by atoms with Gasteiger partial charge in [0.25, 0.3) is 5.72 Å². The van der Waals surface area contributed by atoms with Crippen LogP contribution >= 0.6 is 15.9 Å². The molecule has 22 heavy (non-hydrogen) atoms. The minimum absolute atomic E-state index is 0.380. The second-order valence-electron chi connectivity index (χ2n) is 4.53. The van der Waals surface area contributed by atoms with Crippen molar-refractivity contribution in [3.8, 4) is 0 Å². The molecule has 118 valence electrons. The van der Waals surface area contributed by atoms with Gasteiger partial charge in [0, 0.05) is 17.1 Å². The molecule has 0 spiro atoms. The highest BCUT2D eigenvalue weighted by atomic mass is 79.9. The number of hydrogen-bond donors (Lipinski definition) is 0. The van der Waals surface area contributed by atoms with Gasteiger partial charge in [-0.2, -0.15) is 0 Å². The van der Waals surface area contributed by atoms with Crippen molar-refractivity contribution >= 4 is 33.7 Å². The van der Waals surface area contributed by atoms with Gasteiger partial charge >= 0.3 is 11.9 Å². The first-order chi connectivity index (χ1) is 10.4. The van der Waals surface area contributed by atoms with Crippen LogP contribution in [0.5, 0.6) is 0 Å². The van der Waals surface area contributed by atoms with Crippen molar-refractivity contribution in [3.63, 3.8) is 0 Å². The number of aliphatic imine (C=N–C) groups is 1. The minimum atomic E-state index is -1.78. The number of hydroxylamine groups is 2. The van der Waals surface area contributed by atoms with Gasteiger partial charge in [-0.15, -0.1) is 0 Å². The fourth-order valence-corrected chi connectivity index (χ4v) is 2.52. The summed E-state index contributed by atoms with van der Waals surface area (Å²) in [4.78, 5) is 33.5. The highest BCUT2D eigenvalue weighted by molar-refractivity contribution is 9.10. The normalized spacial score (nSPS) is 20.5. The summed E-state index contributed by atoms with van der Waals surface area (Å²) < 4.78 is 10.1. The molecule has 1 heterocycles. The van der Waals surface area contributed by atoms with Crippen molar-refractivity contribution in [3.05, 3.63) is 34.3 Å². The van der Waals surface area contributed by atoms with Gasteiger partial charge in [0.15, 0.2) is 5.84 Å². The van der Waals surface area contributed by atoms with Crippen LogP contribution in [0, 0.1) is 0 Å². The van der Waals surface area contributed by atoms with Crippen molar-refractivity contribution in [2.75, 3.05) is 21.3 Å². The zero-order valence-corrected chi connectivity index (χ0v) is 13.9. The quantitative estimate of drug-likeness (QED) is 0.747. The van der Waals surface area contributed by atoms with Gasteiger partial charge in [-0.25, -0.2) is 19.7 Å². The Kier molecular flexibility index (Phi) is 4.82. The van der Waals surface area contributed by atoms with Gasteiger partial charge in [-0.05, 0) is 6.07 Å². The SMILES string of the molecule is COC(=O)CC1(C(=O)OC)N=C(c2ccccc2Br)N(C)O1. The maximum Gasteiger partial charge on any atom is 0.364 e. The predicted molar refractivity (Wildman–Crippen MR) is 80.9 cm³/mol. The van der Waals surface area contributed by atoms with Gasteiger partial charge in [-0.3, -0.25) is 4.79 Å². The molecule has 1 aliphatic rings. The van der Waals surface area contributed by atoms with E-state index in [4.69, 9.17) is 9.57 Å². The summed E-state index contributed by atoms with van der Waals surface area (Å²) in [6, 6.07) is 7.33. The molecule has 1 atom stereocenters. The van der Waals surface area contributed by atoms with Crippen molar-refractivity contribution in [2.45, 2.75) is 12.1 Å². The number of rotatable bonds is 4. The Morgan fingerprint density at radius 2 is 2.00 bits per heavy atom. The Hall–Kier alpha value is -1.93. The van der Waals surface area contributed by atoms with E-state index in [1.54, 1.807) is 7.05 Å².